The number of nitrogens with one attached hydrogen (secondary N) is 1. The van der Waals surface area contributed by atoms with Crippen LogP contribution in [0.2, 0.25) is 0 Å². The largest absolute Gasteiger partial charge is 0.465 e. The predicted molar refractivity (Wildman–Crippen MR) is 173 cm³/mol. The monoisotopic (exact) mass is 608 g/mol. The Morgan fingerprint density at radius 2 is 1.80 bits per heavy atom. The first kappa shape index (κ1) is 30.1. The normalized spacial score (nSPS) is 15.0. The Balaban J connectivity index is 1.11. The standard InChI is InChI=1S/C35H37FN6O3/c1-35(2,3)42-32(24-5-9-26(36)10-6-24)29(20-38-42)33(43)39-27-11-14-31-30(19-27)37-22-41(31)18-16-23-15-17-40(21-23)28-12-7-25(8-13-28)34(44)45-4/h5-14,19-20,22-23H,15-18,21H2,1-4H3,(H,39,43). The van der Waals surface area contributed by atoms with Crippen LogP contribution in [0.5, 0.6) is 0 Å². The van der Waals surface area contributed by atoms with Gasteiger partial charge in [-0.25, -0.2) is 14.2 Å². The summed E-state index contributed by atoms with van der Waals surface area (Å²) >= 11 is 0. The number of hydrogen-bond acceptors (Lipinski definition) is 6. The van der Waals surface area contributed by atoms with Crippen LogP contribution in [0.25, 0.3) is 22.3 Å². The summed E-state index contributed by atoms with van der Waals surface area (Å²) in [6, 6.07) is 19.4. The Morgan fingerprint density at radius 3 is 2.51 bits per heavy atom. The van der Waals surface area contributed by atoms with Crippen LogP contribution in [-0.4, -0.2) is 51.4 Å². The number of halogens is 1. The van der Waals surface area contributed by atoms with Crippen molar-refractivity contribution in [1.29, 1.82) is 0 Å². The van der Waals surface area contributed by atoms with E-state index in [0.29, 0.717) is 34.0 Å². The number of nitrogens with zero attached hydrogens (tertiary/aromatic N) is 5. The minimum atomic E-state index is -0.387. The van der Waals surface area contributed by atoms with Crippen LogP contribution < -0.4 is 10.2 Å². The van der Waals surface area contributed by atoms with Gasteiger partial charge in [-0.3, -0.25) is 9.48 Å². The summed E-state index contributed by atoms with van der Waals surface area (Å²) in [5, 5.41) is 7.53. The van der Waals surface area contributed by atoms with Gasteiger partial charge in [-0.2, -0.15) is 5.10 Å². The maximum atomic E-state index is 13.7. The van der Waals surface area contributed by atoms with E-state index in [2.05, 4.69) is 24.9 Å². The molecule has 1 N–H and O–H groups in total. The van der Waals surface area contributed by atoms with Crippen LogP contribution in [0.15, 0.2) is 79.3 Å². The zero-order valence-electron chi connectivity index (χ0n) is 26.0. The first-order valence-corrected chi connectivity index (χ1v) is 15.1. The molecule has 3 aromatic carbocycles. The van der Waals surface area contributed by atoms with Gasteiger partial charge < -0.3 is 19.5 Å². The number of carbonyl (C=O) groups excluding carboxylic acids is 2. The van der Waals surface area contributed by atoms with E-state index in [9.17, 15) is 14.0 Å². The van der Waals surface area contributed by atoms with Gasteiger partial charge in [0.2, 0.25) is 0 Å². The van der Waals surface area contributed by atoms with Crippen molar-refractivity contribution in [2.24, 2.45) is 5.92 Å². The molecule has 0 spiro atoms. The van der Waals surface area contributed by atoms with Crippen LogP contribution in [-0.2, 0) is 16.8 Å². The number of hydrogen-bond donors (Lipinski definition) is 1. The molecule has 1 aliphatic rings. The van der Waals surface area contributed by atoms with Crippen LogP contribution in [0.3, 0.4) is 0 Å². The second-order valence-corrected chi connectivity index (χ2v) is 12.5. The highest BCUT2D eigenvalue weighted by Crippen LogP contribution is 2.31. The van der Waals surface area contributed by atoms with Crippen LogP contribution in [0.1, 0.15) is 54.3 Å². The van der Waals surface area contributed by atoms with Crippen molar-refractivity contribution < 1.29 is 18.7 Å². The number of benzene rings is 3. The molecule has 0 aliphatic carbocycles. The number of rotatable bonds is 8. The molecule has 0 radical (unpaired) electrons. The molecule has 0 saturated carbocycles. The first-order chi connectivity index (χ1) is 21.6. The van der Waals surface area contributed by atoms with E-state index in [1.54, 1.807) is 23.0 Å². The Bertz CT molecular complexity index is 1840. The third-order valence-electron chi connectivity index (χ3n) is 8.36. The SMILES string of the molecule is COC(=O)c1ccc(N2CCC(CCn3cnc4cc(NC(=O)c5cnn(C(C)(C)C)c5-c5ccc(F)cc5)ccc43)C2)cc1. The summed E-state index contributed by atoms with van der Waals surface area (Å²) in [5.74, 6) is -0.416. The number of anilines is 2. The minimum Gasteiger partial charge on any atom is -0.465 e. The van der Waals surface area contributed by atoms with Gasteiger partial charge in [-0.1, -0.05) is 0 Å². The number of methoxy groups -OCH3 is 1. The quantitative estimate of drug-likeness (QED) is 0.196. The molecule has 6 rings (SSSR count). The van der Waals surface area contributed by atoms with Gasteiger partial charge in [0.05, 0.1) is 53.0 Å². The zero-order chi connectivity index (χ0) is 31.7. The molecule has 1 atom stereocenters. The van der Waals surface area contributed by atoms with Crippen molar-refractivity contribution in [3.8, 4) is 11.3 Å². The highest BCUT2D eigenvalue weighted by molar-refractivity contribution is 6.08. The van der Waals surface area contributed by atoms with E-state index < -0.39 is 0 Å². The summed E-state index contributed by atoms with van der Waals surface area (Å²) in [6.07, 6.45) is 5.54. The molecule has 5 aromatic rings. The number of amides is 1. The second kappa shape index (κ2) is 12.2. The molecule has 45 heavy (non-hydrogen) atoms. The number of aromatic nitrogens is 4. The van der Waals surface area contributed by atoms with E-state index in [4.69, 9.17) is 4.74 Å². The van der Waals surface area contributed by atoms with Gasteiger partial charge in [0.15, 0.2) is 0 Å². The molecular weight excluding hydrogens is 571 g/mol. The fourth-order valence-corrected chi connectivity index (χ4v) is 5.98. The van der Waals surface area contributed by atoms with Crippen molar-refractivity contribution in [1.82, 2.24) is 19.3 Å². The fraction of sp³-hybridized carbons (Fsp3) is 0.314. The third-order valence-corrected chi connectivity index (χ3v) is 8.36. The van der Waals surface area contributed by atoms with Gasteiger partial charge in [0.1, 0.15) is 5.82 Å². The molecular formula is C35H37FN6O3. The van der Waals surface area contributed by atoms with E-state index in [-0.39, 0.29) is 23.2 Å². The van der Waals surface area contributed by atoms with Gasteiger partial charge in [0.25, 0.3) is 5.91 Å². The van der Waals surface area contributed by atoms with Crippen LogP contribution in [0.4, 0.5) is 15.8 Å². The van der Waals surface area contributed by atoms with Crippen LogP contribution in [0, 0.1) is 11.7 Å². The van der Waals surface area contributed by atoms with Crippen molar-refractivity contribution >= 4 is 34.3 Å². The smallest absolute Gasteiger partial charge is 0.337 e. The average Bonchev–Trinajstić information content (AvgIpc) is 3.78. The average molecular weight is 609 g/mol. The Labute approximate surface area is 261 Å². The van der Waals surface area contributed by atoms with Crippen molar-refractivity contribution in [2.75, 3.05) is 30.4 Å². The molecule has 1 fully saturated rings. The van der Waals surface area contributed by atoms with Gasteiger partial charge in [-0.05, 0) is 106 Å². The number of fused-ring (bicyclic) bond motifs is 1. The van der Waals surface area contributed by atoms with Crippen molar-refractivity contribution in [3.63, 3.8) is 0 Å². The molecule has 0 bridgehead atoms. The van der Waals surface area contributed by atoms with Gasteiger partial charge in [-0.15, -0.1) is 0 Å². The maximum absolute atomic E-state index is 13.7. The van der Waals surface area contributed by atoms with E-state index in [1.165, 1.54) is 19.2 Å². The molecule has 1 aliphatic heterocycles. The second-order valence-electron chi connectivity index (χ2n) is 12.5. The van der Waals surface area contributed by atoms with Crippen LogP contribution >= 0.6 is 0 Å². The lowest BCUT2D eigenvalue weighted by molar-refractivity contribution is 0.0600. The lowest BCUT2D eigenvalue weighted by Gasteiger charge is -2.23. The van der Waals surface area contributed by atoms with Crippen molar-refractivity contribution in [3.05, 3.63) is 96.2 Å². The molecule has 10 heteroatoms. The summed E-state index contributed by atoms with van der Waals surface area (Å²) in [4.78, 5) is 32.2. The third kappa shape index (κ3) is 6.31. The van der Waals surface area contributed by atoms with Gasteiger partial charge >= 0.3 is 5.97 Å². The van der Waals surface area contributed by atoms with E-state index in [1.807, 2.05) is 69.6 Å². The number of carbonyl (C=O) groups is 2. The summed E-state index contributed by atoms with van der Waals surface area (Å²) in [7, 11) is 1.39. The zero-order valence-corrected chi connectivity index (χ0v) is 26.0. The lowest BCUT2D eigenvalue weighted by atomic mass is 10.0. The Morgan fingerprint density at radius 1 is 1.04 bits per heavy atom. The molecule has 2 aromatic heterocycles. The van der Waals surface area contributed by atoms with Crippen molar-refractivity contribution in [2.45, 2.75) is 45.7 Å². The number of ether oxygens (including phenoxy) is 1. The summed E-state index contributed by atoms with van der Waals surface area (Å²) in [6.45, 7) is 8.81. The summed E-state index contributed by atoms with van der Waals surface area (Å²) in [5.41, 5.74) is 5.48. The molecule has 9 nitrogen and oxygen atoms in total. The summed E-state index contributed by atoms with van der Waals surface area (Å²) < 4.78 is 22.4. The number of imidazole rings is 1. The Hall–Kier alpha value is -4.99. The van der Waals surface area contributed by atoms with Gasteiger partial charge in [0, 0.05) is 36.6 Å². The first-order valence-electron chi connectivity index (χ1n) is 15.1. The highest BCUT2D eigenvalue weighted by Gasteiger charge is 2.26. The van der Waals surface area contributed by atoms with E-state index in [0.717, 1.165) is 49.2 Å². The van der Waals surface area contributed by atoms with E-state index >= 15 is 0 Å². The maximum Gasteiger partial charge on any atom is 0.337 e. The molecule has 1 unspecified atom stereocenters. The predicted octanol–water partition coefficient (Wildman–Crippen LogP) is 6.75. The minimum absolute atomic E-state index is 0.297. The number of aryl methyl sites for hydroxylation is 1. The lowest BCUT2D eigenvalue weighted by Crippen LogP contribution is -2.24. The molecule has 1 amide bonds. The molecule has 3 heterocycles. The highest BCUT2D eigenvalue weighted by atomic mass is 19.1. The molecule has 232 valence electrons. The fourth-order valence-electron chi connectivity index (χ4n) is 5.98. The topological polar surface area (TPSA) is 94.3 Å². The Kier molecular flexibility index (Phi) is 8.14. The number of esters is 1. The molecule has 1 saturated heterocycles.